The van der Waals surface area contributed by atoms with E-state index in [1.54, 1.807) is 30.3 Å². The molecule has 3 rings (SSSR count). The minimum absolute atomic E-state index is 0.0758. The van der Waals surface area contributed by atoms with Crippen molar-refractivity contribution >= 4 is 51.9 Å². The molecular weight excluding hydrogens is 352 g/mol. The van der Waals surface area contributed by atoms with Crippen LogP contribution in [0, 0.1) is 6.92 Å². The number of oxazole rings is 1. The van der Waals surface area contributed by atoms with Crippen LogP contribution >= 0.6 is 12.2 Å². The fourth-order valence-corrected chi connectivity index (χ4v) is 2.57. The van der Waals surface area contributed by atoms with Crippen molar-refractivity contribution in [2.24, 2.45) is 0 Å². The summed E-state index contributed by atoms with van der Waals surface area (Å²) in [4.78, 5) is 27.6. The van der Waals surface area contributed by atoms with Gasteiger partial charge in [0.25, 0.3) is 5.91 Å². The molecule has 2 amide bonds. The Morgan fingerprint density at radius 2 is 1.88 bits per heavy atom. The first-order chi connectivity index (χ1) is 12.4. The van der Waals surface area contributed by atoms with Crippen molar-refractivity contribution in [3.63, 3.8) is 0 Å². The normalized spacial score (nSPS) is 10.4. The Hall–Kier alpha value is -3.26. The standard InChI is InChI=1S/C18H16N4O3S/c1-10-5-3-4-6-13(10)16(24)21-18(26)22-17-20-14-8-7-12(19-11(2)23)9-15(14)25-17/h3-9H,1-2H3,(H,19,23)(H2,20,21,22,24,26). The van der Waals surface area contributed by atoms with Gasteiger partial charge in [-0.2, -0.15) is 4.98 Å². The number of aryl methyl sites for hydroxylation is 1. The van der Waals surface area contributed by atoms with Gasteiger partial charge in [0.2, 0.25) is 5.91 Å². The van der Waals surface area contributed by atoms with Crippen molar-refractivity contribution in [1.29, 1.82) is 0 Å². The minimum Gasteiger partial charge on any atom is -0.423 e. The third kappa shape index (κ3) is 4.04. The third-order valence-corrected chi connectivity index (χ3v) is 3.75. The second-order valence-corrected chi connectivity index (χ2v) is 6.01. The van der Waals surface area contributed by atoms with Crippen LogP contribution in [0.15, 0.2) is 46.9 Å². The Morgan fingerprint density at radius 3 is 2.62 bits per heavy atom. The number of nitrogens with one attached hydrogen (secondary N) is 3. The van der Waals surface area contributed by atoms with Gasteiger partial charge in [0.05, 0.1) is 0 Å². The van der Waals surface area contributed by atoms with Gasteiger partial charge in [-0.25, -0.2) is 0 Å². The van der Waals surface area contributed by atoms with Gasteiger partial charge < -0.3 is 9.73 Å². The lowest BCUT2D eigenvalue weighted by Gasteiger charge is -2.08. The first-order valence-corrected chi connectivity index (χ1v) is 8.19. The molecule has 3 N–H and O–H groups in total. The van der Waals surface area contributed by atoms with Crippen LogP contribution in [0.3, 0.4) is 0 Å². The molecule has 26 heavy (non-hydrogen) atoms. The van der Waals surface area contributed by atoms with E-state index in [1.165, 1.54) is 6.92 Å². The van der Waals surface area contributed by atoms with Crippen molar-refractivity contribution in [3.05, 3.63) is 53.6 Å². The van der Waals surface area contributed by atoms with E-state index in [4.69, 9.17) is 16.6 Å². The van der Waals surface area contributed by atoms with Crippen LogP contribution in [0.2, 0.25) is 0 Å². The van der Waals surface area contributed by atoms with Crippen LogP contribution in [0.25, 0.3) is 11.1 Å². The SMILES string of the molecule is CC(=O)Nc1ccc2nc(NC(=S)NC(=O)c3ccccc3C)oc2c1. The summed E-state index contributed by atoms with van der Waals surface area (Å²) < 4.78 is 5.56. The third-order valence-electron chi connectivity index (χ3n) is 3.55. The summed E-state index contributed by atoms with van der Waals surface area (Å²) in [6.45, 7) is 3.27. The van der Waals surface area contributed by atoms with Gasteiger partial charge in [-0.05, 0) is 42.9 Å². The molecule has 7 nitrogen and oxygen atoms in total. The van der Waals surface area contributed by atoms with Crippen LogP contribution in [-0.2, 0) is 4.79 Å². The second-order valence-electron chi connectivity index (χ2n) is 5.61. The highest BCUT2D eigenvalue weighted by molar-refractivity contribution is 7.80. The maximum Gasteiger partial charge on any atom is 0.302 e. The Balaban J connectivity index is 1.70. The number of fused-ring (bicyclic) bond motifs is 1. The monoisotopic (exact) mass is 368 g/mol. The van der Waals surface area contributed by atoms with Gasteiger partial charge in [0.1, 0.15) is 5.52 Å². The topological polar surface area (TPSA) is 96.3 Å². The summed E-state index contributed by atoms with van der Waals surface area (Å²) in [6, 6.07) is 12.4. The molecule has 0 atom stereocenters. The zero-order valence-electron chi connectivity index (χ0n) is 14.1. The molecule has 2 aromatic carbocycles. The van der Waals surface area contributed by atoms with Crippen molar-refractivity contribution in [1.82, 2.24) is 10.3 Å². The molecule has 0 aliphatic heterocycles. The Bertz CT molecular complexity index is 1010. The maximum atomic E-state index is 12.3. The number of benzene rings is 2. The minimum atomic E-state index is -0.315. The molecule has 8 heteroatoms. The lowest BCUT2D eigenvalue weighted by atomic mass is 10.1. The number of carbonyl (C=O) groups is 2. The molecule has 0 saturated heterocycles. The smallest absolute Gasteiger partial charge is 0.302 e. The molecule has 132 valence electrons. The fourth-order valence-electron chi connectivity index (χ4n) is 2.39. The summed E-state index contributed by atoms with van der Waals surface area (Å²) in [5.74, 6) is -0.494. The van der Waals surface area contributed by atoms with E-state index < -0.39 is 0 Å². The van der Waals surface area contributed by atoms with Crippen molar-refractivity contribution in [3.8, 4) is 0 Å². The molecule has 0 saturated carbocycles. The van der Waals surface area contributed by atoms with Crippen LogP contribution in [0.1, 0.15) is 22.8 Å². The summed E-state index contributed by atoms with van der Waals surface area (Å²) in [5.41, 5.74) is 3.05. The van der Waals surface area contributed by atoms with Crippen molar-refractivity contribution in [2.75, 3.05) is 10.6 Å². The van der Waals surface area contributed by atoms with E-state index in [2.05, 4.69) is 20.9 Å². The van der Waals surface area contributed by atoms with Gasteiger partial charge in [-0.1, -0.05) is 18.2 Å². The molecule has 3 aromatic rings. The Kier molecular flexibility index (Phi) is 4.94. The highest BCUT2D eigenvalue weighted by Crippen LogP contribution is 2.22. The molecule has 0 spiro atoms. The number of hydrogen-bond donors (Lipinski definition) is 3. The Morgan fingerprint density at radius 1 is 1.12 bits per heavy atom. The predicted octanol–water partition coefficient (Wildman–Crippen LogP) is 3.22. The number of thiocarbonyl (C=S) groups is 1. The van der Waals surface area contributed by atoms with Gasteiger partial charge in [0, 0.05) is 24.2 Å². The van der Waals surface area contributed by atoms with Gasteiger partial charge in [-0.15, -0.1) is 0 Å². The Labute approximate surface area is 154 Å². The van der Waals surface area contributed by atoms with Gasteiger partial charge in [-0.3, -0.25) is 20.2 Å². The number of aromatic nitrogens is 1. The first kappa shape index (κ1) is 17.6. The van der Waals surface area contributed by atoms with E-state index in [0.717, 1.165) is 5.56 Å². The van der Waals surface area contributed by atoms with Crippen molar-refractivity contribution in [2.45, 2.75) is 13.8 Å². The van der Waals surface area contributed by atoms with E-state index in [-0.39, 0.29) is 22.9 Å². The van der Waals surface area contributed by atoms with Crippen LogP contribution in [0.4, 0.5) is 11.7 Å². The molecular formula is C18H16N4O3S. The number of amides is 2. The maximum absolute atomic E-state index is 12.3. The first-order valence-electron chi connectivity index (χ1n) is 7.78. The van der Waals surface area contributed by atoms with Crippen LogP contribution in [0.5, 0.6) is 0 Å². The molecule has 1 heterocycles. The molecule has 0 aliphatic carbocycles. The molecule has 0 unspecified atom stereocenters. The zero-order valence-corrected chi connectivity index (χ0v) is 14.9. The average molecular weight is 368 g/mol. The molecule has 0 radical (unpaired) electrons. The summed E-state index contributed by atoms with van der Waals surface area (Å²) >= 11 is 5.14. The highest BCUT2D eigenvalue weighted by Gasteiger charge is 2.13. The fraction of sp³-hybridized carbons (Fsp3) is 0.111. The molecule has 1 aromatic heterocycles. The highest BCUT2D eigenvalue weighted by atomic mass is 32.1. The number of rotatable bonds is 3. The molecule has 0 aliphatic rings. The number of carbonyl (C=O) groups excluding carboxylic acids is 2. The van der Waals surface area contributed by atoms with Gasteiger partial charge in [0.15, 0.2) is 10.7 Å². The van der Waals surface area contributed by atoms with Crippen molar-refractivity contribution < 1.29 is 14.0 Å². The van der Waals surface area contributed by atoms with Crippen LogP contribution < -0.4 is 16.0 Å². The van der Waals surface area contributed by atoms with Gasteiger partial charge >= 0.3 is 6.01 Å². The summed E-state index contributed by atoms with van der Waals surface area (Å²) in [6.07, 6.45) is 0. The number of hydrogen-bond acceptors (Lipinski definition) is 5. The lowest BCUT2D eigenvalue weighted by Crippen LogP contribution is -2.34. The molecule has 0 bridgehead atoms. The van der Waals surface area contributed by atoms with Crippen LogP contribution in [-0.4, -0.2) is 21.9 Å². The van der Waals surface area contributed by atoms with E-state index >= 15 is 0 Å². The molecule has 0 fully saturated rings. The van der Waals surface area contributed by atoms with E-state index in [1.807, 2.05) is 19.1 Å². The average Bonchev–Trinajstić information content (AvgIpc) is 2.95. The number of anilines is 2. The number of nitrogens with zero attached hydrogens (tertiary/aromatic N) is 1. The lowest BCUT2D eigenvalue weighted by molar-refractivity contribution is -0.114. The zero-order chi connectivity index (χ0) is 18.7. The quantitative estimate of drug-likeness (QED) is 0.614. The summed E-state index contributed by atoms with van der Waals surface area (Å²) in [7, 11) is 0. The van der Waals surface area contributed by atoms with E-state index in [0.29, 0.717) is 22.4 Å². The predicted molar refractivity (Wildman–Crippen MR) is 103 cm³/mol. The summed E-state index contributed by atoms with van der Waals surface area (Å²) in [5, 5.41) is 8.08. The second kappa shape index (κ2) is 7.32. The van der Waals surface area contributed by atoms with E-state index in [9.17, 15) is 9.59 Å². The largest absolute Gasteiger partial charge is 0.423 e.